The lowest BCUT2D eigenvalue weighted by Crippen LogP contribution is -2.27. The molecule has 3 nitrogen and oxygen atoms in total. The minimum atomic E-state index is -0.151. The van der Waals surface area contributed by atoms with Crippen molar-refractivity contribution >= 4 is 5.97 Å². The van der Waals surface area contributed by atoms with Crippen LogP contribution in [-0.2, 0) is 15.6 Å². The highest BCUT2D eigenvalue weighted by Gasteiger charge is 2.36. The lowest BCUT2D eigenvalue weighted by atomic mass is 9.79. The van der Waals surface area contributed by atoms with Crippen LogP contribution in [0, 0.1) is 11.8 Å². The molecule has 0 heterocycles. The van der Waals surface area contributed by atoms with Gasteiger partial charge in [-0.15, -0.1) is 0 Å². The highest BCUT2D eigenvalue weighted by atomic mass is 16.5. The monoisotopic (exact) mass is 388 g/mol. The van der Waals surface area contributed by atoms with Crippen molar-refractivity contribution in [3.8, 4) is 11.5 Å². The van der Waals surface area contributed by atoms with Crippen LogP contribution < -0.4 is 9.47 Å². The summed E-state index contributed by atoms with van der Waals surface area (Å²) < 4.78 is 11.8. The molecule has 158 valence electrons. The zero-order valence-corrected chi connectivity index (χ0v) is 19.3. The first-order valence-corrected chi connectivity index (χ1v) is 10.9. The van der Waals surface area contributed by atoms with Crippen LogP contribution in [0.4, 0.5) is 0 Å². The van der Waals surface area contributed by atoms with E-state index in [1.165, 1.54) is 12.8 Å². The number of rotatable bonds is 6. The highest BCUT2D eigenvalue weighted by molar-refractivity contribution is 5.77. The van der Waals surface area contributed by atoms with Gasteiger partial charge in [-0.2, -0.15) is 0 Å². The number of carbonyl (C=O) groups is 1. The third kappa shape index (κ3) is 5.30. The van der Waals surface area contributed by atoms with Gasteiger partial charge in [0.05, 0.1) is 13.0 Å². The van der Waals surface area contributed by atoms with Gasteiger partial charge in [-0.25, -0.2) is 0 Å². The van der Waals surface area contributed by atoms with Crippen molar-refractivity contribution in [2.75, 3.05) is 7.11 Å². The van der Waals surface area contributed by atoms with Gasteiger partial charge < -0.3 is 9.47 Å². The molecular formula is C25H40O3. The Morgan fingerprint density at radius 1 is 1.04 bits per heavy atom. The predicted octanol–water partition coefficient (Wildman–Crippen LogP) is 6.80. The molecule has 28 heavy (non-hydrogen) atoms. The lowest BCUT2D eigenvalue weighted by Gasteiger charge is -2.30. The summed E-state index contributed by atoms with van der Waals surface area (Å²) in [5.74, 6) is 2.03. The van der Waals surface area contributed by atoms with E-state index < -0.39 is 0 Å². The average molecular weight is 389 g/mol. The van der Waals surface area contributed by atoms with Crippen LogP contribution in [0.3, 0.4) is 0 Å². The molecule has 1 aromatic carbocycles. The van der Waals surface area contributed by atoms with E-state index in [2.05, 4.69) is 48.5 Å². The minimum absolute atomic E-state index is 0.0364. The fourth-order valence-electron chi connectivity index (χ4n) is 4.28. The van der Waals surface area contributed by atoms with Gasteiger partial charge in [0, 0.05) is 11.1 Å². The summed E-state index contributed by atoms with van der Waals surface area (Å²) in [7, 11) is 1.69. The van der Waals surface area contributed by atoms with Crippen molar-refractivity contribution < 1.29 is 14.3 Å². The second kappa shape index (κ2) is 8.88. The third-order valence-corrected chi connectivity index (χ3v) is 6.01. The van der Waals surface area contributed by atoms with E-state index in [-0.39, 0.29) is 22.7 Å². The summed E-state index contributed by atoms with van der Waals surface area (Å²) in [6.07, 6.45) is 6.75. The number of carbonyl (C=O) groups excluding carboxylic acids is 1. The van der Waals surface area contributed by atoms with Gasteiger partial charge in [0.25, 0.3) is 0 Å². The Labute approximate surface area is 172 Å². The van der Waals surface area contributed by atoms with Crippen molar-refractivity contribution in [2.24, 2.45) is 11.8 Å². The van der Waals surface area contributed by atoms with Crippen LogP contribution in [0.5, 0.6) is 11.5 Å². The van der Waals surface area contributed by atoms with Gasteiger partial charge in [-0.1, -0.05) is 67.7 Å². The first-order chi connectivity index (χ1) is 13.0. The van der Waals surface area contributed by atoms with Gasteiger partial charge in [0.15, 0.2) is 0 Å². The van der Waals surface area contributed by atoms with Crippen LogP contribution >= 0.6 is 0 Å². The van der Waals surface area contributed by atoms with Crippen LogP contribution in [-0.4, -0.2) is 13.1 Å². The molecule has 3 heteroatoms. The Balaban J connectivity index is 2.44. The summed E-state index contributed by atoms with van der Waals surface area (Å²) in [4.78, 5) is 13.2. The number of ether oxygens (including phenoxy) is 2. The van der Waals surface area contributed by atoms with Crippen LogP contribution in [0.15, 0.2) is 12.1 Å². The van der Waals surface area contributed by atoms with Crippen LogP contribution in [0.2, 0.25) is 0 Å². The first-order valence-electron chi connectivity index (χ1n) is 10.9. The maximum absolute atomic E-state index is 13.2. The fourth-order valence-corrected chi connectivity index (χ4v) is 4.28. The SMILES string of the molecule is CCCC[C@H]1CCC[C@H]1C(=O)Oc1c(C(C)(C)C)cc(OC)cc1C(C)(C)C. The Bertz CT molecular complexity index is 641. The quantitative estimate of drug-likeness (QED) is 0.397. The van der Waals surface area contributed by atoms with Crippen molar-refractivity contribution in [3.05, 3.63) is 23.3 Å². The number of hydrogen-bond acceptors (Lipinski definition) is 3. The molecule has 0 bridgehead atoms. The summed E-state index contributed by atoms with van der Waals surface area (Å²) in [5.41, 5.74) is 1.77. The molecule has 2 rings (SSSR count). The first kappa shape index (κ1) is 22.8. The molecule has 1 saturated carbocycles. The van der Waals surface area contributed by atoms with Crippen molar-refractivity contribution in [2.45, 2.75) is 97.8 Å². The summed E-state index contributed by atoms with van der Waals surface area (Å²) >= 11 is 0. The summed E-state index contributed by atoms with van der Waals surface area (Å²) in [6, 6.07) is 4.06. The summed E-state index contributed by atoms with van der Waals surface area (Å²) in [5, 5.41) is 0. The zero-order valence-electron chi connectivity index (χ0n) is 19.3. The smallest absolute Gasteiger partial charge is 0.314 e. The van der Waals surface area contributed by atoms with E-state index in [0.717, 1.165) is 48.3 Å². The maximum atomic E-state index is 13.2. The molecule has 2 atom stereocenters. The van der Waals surface area contributed by atoms with Crippen LogP contribution in [0.1, 0.15) is 98.1 Å². The fraction of sp³-hybridized carbons (Fsp3) is 0.720. The van der Waals surface area contributed by atoms with E-state index in [9.17, 15) is 4.79 Å². The van der Waals surface area contributed by atoms with Gasteiger partial charge in [-0.05, 0) is 48.1 Å². The van der Waals surface area contributed by atoms with Gasteiger partial charge in [0.2, 0.25) is 0 Å². The highest BCUT2D eigenvalue weighted by Crippen LogP contribution is 2.44. The van der Waals surface area contributed by atoms with E-state index in [0.29, 0.717) is 5.92 Å². The lowest BCUT2D eigenvalue weighted by molar-refractivity contribution is -0.140. The Morgan fingerprint density at radius 3 is 2.07 bits per heavy atom. The standard InChI is InChI=1S/C25H40O3/c1-9-10-12-17-13-11-14-19(17)23(26)28-22-20(24(2,3)4)15-18(27-8)16-21(22)25(5,6)7/h15-17,19H,9-14H2,1-8H3/t17-,19+/m0/s1. The largest absolute Gasteiger partial charge is 0.497 e. The van der Waals surface area contributed by atoms with E-state index in [1.807, 2.05) is 12.1 Å². The molecule has 0 saturated heterocycles. The molecule has 0 aromatic heterocycles. The van der Waals surface area contributed by atoms with E-state index in [4.69, 9.17) is 9.47 Å². The molecule has 0 spiro atoms. The average Bonchev–Trinajstić information content (AvgIpc) is 3.06. The molecule has 1 aliphatic carbocycles. The number of benzene rings is 1. The predicted molar refractivity (Wildman–Crippen MR) is 116 cm³/mol. The number of unbranched alkanes of at least 4 members (excludes halogenated alkanes) is 1. The normalized spacial score (nSPS) is 20.3. The number of hydrogen-bond donors (Lipinski definition) is 0. The molecule has 0 unspecified atom stereocenters. The van der Waals surface area contributed by atoms with E-state index in [1.54, 1.807) is 7.11 Å². The minimum Gasteiger partial charge on any atom is -0.497 e. The van der Waals surface area contributed by atoms with Gasteiger partial charge in [0.1, 0.15) is 11.5 Å². The number of methoxy groups -OCH3 is 1. The molecule has 0 radical (unpaired) electrons. The van der Waals surface area contributed by atoms with Gasteiger partial charge in [-0.3, -0.25) is 4.79 Å². The Kier molecular flexibility index (Phi) is 7.22. The second-order valence-electron chi connectivity index (χ2n) is 10.4. The van der Waals surface area contributed by atoms with E-state index >= 15 is 0 Å². The summed E-state index contributed by atoms with van der Waals surface area (Å²) in [6.45, 7) is 15.2. The molecule has 1 aromatic rings. The molecule has 0 amide bonds. The van der Waals surface area contributed by atoms with Crippen molar-refractivity contribution in [1.82, 2.24) is 0 Å². The Morgan fingerprint density at radius 2 is 1.61 bits per heavy atom. The van der Waals surface area contributed by atoms with Crippen molar-refractivity contribution in [3.63, 3.8) is 0 Å². The zero-order chi connectivity index (χ0) is 21.1. The maximum Gasteiger partial charge on any atom is 0.314 e. The molecule has 1 aliphatic rings. The van der Waals surface area contributed by atoms with Crippen molar-refractivity contribution in [1.29, 1.82) is 0 Å². The molecular weight excluding hydrogens is 348 g/mol. The number of esters is 1. The second-order valence-corrected chi connectivity index (χ2v) is 10.4. The Hall–Kier alpha value is -1.51. The molecule has 0 aliphatic heterocycles. The molecule has 0 N–H and O–H groups in total. The van der Waals surface area contributed by atoms with Gasteiger partial charge >= 0.3 is 5.97 Å². The van der Waals surface area contributed by atoms with Crippen LogP contribution in [0.25, 0.3) is 0 Å². The third-order valence-electron chi connectivity index (χ3n) is 6.01. The topological polar surface area (TPSA) is 35.5 Å². The molecule has 1 fully saturated rings.